The first-order chi connectivity index (χ1) is 16.6. The van der Waals surface area contributed by atoms with Crippen molar-refractivity contribution in [1.29, 1.82) is 0 Å². The minimum Gasteiger partial charge on any atom is -0.376 e. The van der Waals surface area contributed by atoms with Gasteiger partial charge in [-0.05, 0) is 64.0 Å². The molecule has 0 radical (unpaired) electrons. The van der Waals surface area contributed by atoms with Crippen LogP contribution in [-0.4, -0.2) is 60.4 Å². The zero-order valence-corrected chi connectivity index (χ0v) is 21.0. The maximum absolute atomic E-state index is 14.0. The lowest BCUT2D eigenvalue weighted by atomic mass is 9.83. The van der Waals surface area contributed by atoms with Crippen LogP contribution in [0.15, 0.2) is 42.2 Å². The van der Waals surface area contributed by atoms with Gasteiger partial charge in [-0.15, -0.1) is 0 Å². The van der Waals surface area contributed by atoms with Gasteiger partial charge in [0, 0.05) is 37.4 Å². The minimum absolute atomic E-state index is 0.0819. The molecule has 1 aliphatic carbocycles. The van der Waals surface area contributed by atoms with Crippen LogP contribution in [0, 0.1) is 11.8 Å². The first-order valence-electron chi connectivity index (χ1n) is 13.4. The number of hydrogen-bond acceptors (Lipinski definition) is 4. The maximum atomic E-state index is 14.0. The Labute approximate surface area is 205 Å². The molecule has 2 aliphatic heterocycles. The molecule has 1 saturated heterocycles. The summed E-state index contributed by atoms with van der Waals surface area (Å²) < 4.78 is 0. The van der Waals surface area contributed by atoms with Gasteiger partial charge in [0.1, 0.15) is 6.04 Å². The molecule has 3 unspecified atom stereocenters. The van der Waals surface area contributed by atoms with Crippen LogP contribution >= 0.6 is 0 Å². The van der Waals surface area contributed by atoms with E-state index in [1.165, 1.54) is 17.7 Å². The Hall–Kier alpha value is -2.34. The Morgan fingerprint density at radius 3 is 2.50 bits per heavy atom. The number of rotatable bonds is 8. The molecule has 3 aliphatic rings. The van der Waals surface area contributed by atoms with E-state index in [9.17, 15) is 9.59 Å². The highest BCUT2D eigenvalue weighted by Crippen LogP contribution is 2.36. The van der Waals surface area contributed by atoms with E-state index in [-0.39, 0.29) is 23.8 Å². The second-order valence-corrected chi connectivity index (χ2v) is 10.3. The number of nitrogens with one attached hydrogen (secondary N) is 2. The summed E-state index contributed by atoms with van der Waals surface area (Å²) in [4.78, 5) is 31.2. The zero-order valence-electron chi connectivity index (χ0n) is 21.0. The number of fused-ring (bicyclic) bond motifs is 1. The Morgan fingerprint density at radius 2 is 1.76 bits per heavy atom. The number of likely N-dealkylation sites (tertiary alicyclic amines) is 1. The predicted molar refractivity (Wildman–Crippen MR) is 136 cm³/mol. The Bertz CT molecular complexity index is 849. The number of carbonyl (C=O) groups excluding carboxylic acids is 2. The highest BCUT2D eigenvalue weighted by atomic mass is 16.2. The van der Waals surface area contributed by atoms with Crippen molar-refractivity contribution in [3.63, 3.8) is 0 Å². The van der Waals surface area contributed by atoms with E-state index in [1.54, 1.807) is 7.05 Å². The number of likely N-dealkylation sites (N-methyl/N-ethyl adjacent to an activating group) is 1. The molecule has 2 N–H and O–H groups in total. The third kappa shape index (κ3) is 6.01. The van der Waals surface area contributed by atoms with Gasteiger partial charge in [-0.1, -0.05) is 49.6 Å². The number of hydrogen-bond donors (Lipinski definition) is 2. The fraction of sp³-hybridized carbons (Fsp3) is 0.643. The molecule has 6 nitrogen and oxygen atoms in total. The molecule has 0 bridgehead atoms. The third-order valence-corrected chi connectivity index (χ3v) is 8.05. The van der Waals surface area contributed by atoms with Crippen molar-refractivity contribution in [2.75, 3.05) is 26.7 Å². The van der Waals surface area contributed by atoms with Crippen LogP contribution in [0.5, 0.6) is 0 Å². The van der Waals surface area contributed by atoms with E-state index < -0.39 is 6.04 Å². The first-order valence-corrected chi connectivity index (χ1v) is 13.4. The molecule has 0 spiro atoms. The summed E-state index contributed by atoms with van der Waals surface area (Å²) in [7, 11) is 1.78. The van der Waals surface area contributed by atoms with Crippen molar-refractivity contribution in [2.45, 2.75) is 76.8 Å². The maximum Gasteiger partial charge on any atom is 0.249 e. The summed E-state index contributed by atoms with van der Waals surface area (Å²) in [5, 5.41) is 6.16. The third-order valence-electron chi connectivity index (χ3n) is 8.05. The largest absolute Gasteiger partial charge is 0.376 e. The van der Waals surface area contributed by atoms with Gasteiger partial charge in [0.15, 0.2) is 0 Å². The molecular formula is C28H42N4O2. The molecule has 0 aromatic heterocycles. The van der Waals surface area contributed by atoms with Gasteiger partial charge in [0.2, 0.25) is 11.8 Å². The van der Waals surface area contributed by atoms with Gasteiger partial charge >= 0.3 is 0 Å². The summed E-state index contributed by atoms with van der Waals surface area (Å²) in [5.41, 5.74) is 2.52. The molecule has 2 amide bonds. The molecule has 1 aromatic rings. The summed E-state index contributed by atoms with van der Waals surface area (Å²) in [5.74, 6) is 0.696. The van der Waals surface area contributed by atoms with Crippen molar-refractivity contribution >= 4 is 11.8 Å². The number of carbonyl (C=O) groups is 2. The standard InChI is InChI=1S/C28H42N4O2/c1-21(29-2)27(33)30-26(24-12-7-4-8-13-24)28(34)32-19-16-23-14-9-17-31(20-25(23)32)18-15-22-10-5-3-6-11-22/h3,5-6,10-11,20-21,23-24,26,29H,4,7-9,12-19H2,1-2H3,(H,30,33). The Morgan fingerprint density at radius 1 is 1.00 bits per heavy atom. The minimum atomic E-state index is -0.427. The van der Waals surface area contributed by atoms with Gasteiger partial charge < -0.3 is 20.4 Å². The molecular weight excluding hydrogens is 424 g/mol. The topological polar surface area (TPSA) is 64.7 Å². The van der Waals surface area contributed by atoms with Crippen molar-refractivity contribution in [3.05, 3.63) is 47.8 Å². The molecule has 2 heterocycles. The number of amides is 2. The van der Waals surface area contributed by atoms with Crippen LogP contribution < -0.4 is 10.6 Å². The second-order valence-electron chi connectivity index (χ2n) is 10.3. The van der Waals surface area contributed by atoms with Crippen LogP contribution in [0.3, 0.4) is 0 Å². The lowest BCUT2D eigenvalue weighted by molar-refractivity contribution is -0.136. The normalized spacial score (nSPS) is 23.0. The van der Waals surface area contributed by atoms with Crippen molar-refractivity contribution in [3.8, 4) is 0 Å². The van der Waals surface area contributed by atoms with E-state index >= 15 is 0 Å². The summed E-state index contributed by atoms with van der Waals surface area (Å²) in [6, 6.07) is 9.88. The van der Waals surface area contributed by atoms with Gasteiger partial charge in [-0.2, -0.15) is 0 Å². The summed E-state index contributed by atoms with van der Waals surface area (Å²) >= 11 is 0. The quantitative estimate of drug-likeness (QED) is 0.613. The van der Waals surface area contributed by atoms with Crippen LogP contribution in [0.4, 0.5) is 0 Å². The highest BCUT2D eigenvalue weighted by Gasteiger charge is 2.40. The van der Waals surface area contributed by atoms with Crippen LogP contribution in [0.1, 0.15) is 63.9 Å². The van der Waals surface area contributed by atoms with Gasteiger partial charge in [0.25, 0.3) is 0 Å². The SMILES string of the molecule is CNC(C)C(=O)NC(C(=O)N1CCC2CCCN(CCc3ccccc3)C=C21)C1CCCCC1. The van der Waals surface area contributed by atoms with Crippen molar-refractivity contribution < 1.29 is 9.59 Å². The van der Waals surface area contributed by atoms with Crippen molar-refractivity contribution in [2.24, 2.45) is 11.8 Å². The number of allylic oxidation sites excluding steroid dienone is 1. The van der Waals surface area contributed by atoms with E-state index in [0.29, 0.717) is 5.92 Å². The van der Waals surface area contributed by atoms with Crippen LogP contribution in [0.2, 0.25) is 0 Å². The average molecular weight is 467 g/mol. The lowest BCUT2D eigenvalue weighted by Gasteiger charge is -2.34. The fourth-order valence-electron chi connectivity index (χ4n) is 5.80. The Kier molecular flexibility index (Phi) is 8.65. The molecule has 186 valence electrons. The molecule has 4 rings (SSSR count). The lowest BCUT2D eigenvalue weighted by Crippen LogP contribution is -2.55. The van der Waals surface area contributed by atoms with Crippen LogP contribution in [-0.2, 0) is 16.0 Å². The van der Waals surface area contributed by atoms with Crippen molar-refractivity contribution in [1.82, 2.24) is 20.4 Å². The average Bonchev–Trinajstić information content (AvgIpc) is 3.16. The molecule has 1 saturated carbocycles. The zero-order chi connectivity index (χ0) is 23.9. The van der Waals surface area contributed by atoms with Gasteiger partial charge in [0.05, 0.1) is 6.04 Å². The van der Waals surface area contributed by atoms with E-state index in [4.69, 9.17) is 0 Å². The summed E-state index contributed by atoms with van der Waals surface area (Å²) in [6.07, 6.45) is 12.1. The van der Waals surface area contributed by atoms with E-state index in [1.807, 2.05) is 11.8 Å². The molecule has 1 aromatic carbocycles. The molecule has 3 atom stereocenters. The van der Waals surface area contributed by atoms with Gasteiger partial charge in [-0.3, -0.25) is 9.59 Å². The molecule has 34 heavy (non-hydrogen) atoms. The second kappa shape index (κ2) is 11.9. The van der Waals surface area contributed by atoms with E-state index in [0.717, 1.165) is 71.0 Å². The smallest absolute Gasteiger partial charge is 0.249 e. The molecule has 6 heteroatoms. The monoisotopic (exact) mass is 466 g/mol. The summed E-state index contributed by atoms with van der Waals surface area (Å²) in [6.45, 7) is 4.62. The fourth-order valence-corrected chi connectivity index (χ4v) is 5.80. The Balaban J connectivity index is 1.50. The molecule has 2 fully saturated rings. The van der Waals surface area contributed by atoms with Crippen LogP contribution in [0.25, 0.3) is 0 Å². The van der Waals surface area contributed by atoms with Gasteiger partial charge in [-0.25, -0.2) is 0 Å². The number of benzene rings is 1. The first kappa shape index (κ1) is 24.8. The highest BCUT2D eigenvalue weighted by molar-refractivity contribution is 5.91. The van der Waals surface area contributed by atoms with E-state index in [2.05, 4.69) is 52.1 Å². The number of nitrogens with zero attached hydrogens (tertiary/aromatic N) is 2. The predicted octanol–water partition coefficient (Wildman–Crippen LogP) is 3.69.